The van der Waals surface area contributed by atoms with Crippen LogP contribution >= 0.6 is 0 Å². The number of aromatic nitrogens is 4. The van der Waals surface area contributed by atoms with Gasteiger partial charge in [0.15, 0.2) is 0 Å². The number of carbonyl (C=O) groups excluding carboxylic acids is 1. The van der Waals surface area contributed by atoms with Crippen LogP contribution in [0.2, 0.25) is 0 Å². The normalized spacial score (nSPS) is 10.3. The molecule has 0 aliphatic carbocycles. The summed E-state index contributed by atoms with van der Waals surface area (Å²) < 4.78 is 0.966. The smallest absolute Gasteiger partial charge is 0.265 e. The van der Waals surface area contributed by atoms with Crippen molar-refractivity contribution in [3.05, 3.63) is 51.1 Å². The van der Waals surface area contributed by atoms with E-state index >= 15 is 0 Å². The third-order valence-corrected chi connectivity index (χ3v) is 2.46. The molecule has 19 heavy (non-hydrogen) atoms. The van der Waals surface area contributed by atoms with E-state index in [1.807, 2.05) is 0 Å². The summed E-state index contributed by atoms with van der Waals surface area (Å²) in [5, 5.41) is 4.93. The number of aromatic amines is 2. The molecule has 2 aromatic heterocycles. The Bertz CT molecular complexity index is 655. The van der Waals surface area contributed by atoms with Gasteiger partial charge in [-0.3, -0.25) is 19.5 Å². The number of H-pyrrole nitrogens is 2. The molecule has 0 aromatic carbocycles. The van der Waals surface area contributed by atoms with E-state index in [1.54, 1.807) is 12.5 Å². The molecule has 0 bridgehead atoms. The van der Waals surface area contributed by atoms with Crippen LogP contribution in [-0.4, -0.2) is 32.2 Å². The van der Waals surface area contributed by atoms with Crippen LogP contribution in [0.5, 0.6) is 0 Å². The van der Waals surface area contributed by atoms with Crippen molar-refractivity contribution in [3.8, 4) is 0 Å². The number of imidazole rings is 1. The van der Waals surface area contributed by atoms with Crippen molar-refractivity contribution in [1.29, 1.82) is 0 Å². The average molecular weight is 263 g/mol. The maximum absolute atomic E-state index is 11.6. The molecule has 0 spiro atoms. The quantitative estimate of drug-likeness (QED) is 0.617. The first-order chi connectivity index (χ1) is 9.15. The first-order valence-corrected chi connectivity index (χ1v) is 5.69. The van der Waals surface area contributed by atoms with Crippen LogP contribution in [0.15, 0.2) is 34.2 Å². The van der Waals surface area contributed by atoms with Crippen LogP contribution in [0.3, 0.4) is 0 Å². The lowest BCUT2D eigenvalue weighted by Crippen LogP contribution is -2.36. The fourth-order valence-corrected chi connectivity index (χ4v) is 1.54. The van der Waals surface area contributed by atoms with Crippen LogP contribution in [0.25, 0.3) is 0 Å². The van der Waals surface area contributed by atoms with Gasteiger partial charge in [0, 0.05) is 37.0 Å². The van der Waals surface area contributed by atoms with Crippen LogP contribution < -0.4 is 16.4 Å². The number of hydrogen-bond acceptors (Lipinski definition) is 4. The first-order valence-electron chi connectivity index (χ1n) is 5.69. The molecule has 8 heteroatoms. The summed E-state index contributed by atoms with van der Waals surface area (Å²) in [5.41, 5.74) is 0.0544. The van der Waals surface area contributed by atoms with Crippen LogP contribution in [-0.2, 0) is 17.8 Å². The van der Waals surface area contributed by atoms with Crippen molar-refractivity contribution in [2.45, 2.75) is 13.0 Å². The standard InChI is InChI=1S/C11H13N5O3/c17-9-1-2-11(19)16(15-9)6-10(18)13-4-3-8-5-12-7-14-8/h1-2,5,7H,3-4,6H2,(H,12,14)(H,13,18)(H,15,17). The Morgan fingerprint density at radius 3 is 2.95 bits per heavy atom. The maximum Gasteiger partial charge on any atom is 0.265 e. The zero-order valence-corrected chi connectivity index (χ0v) is 10.0. The molecule has 2 aromatic rings. The number of hydrogen-bond donors (Lipinski definition) is 3. The van der Waals surface area contributed by atoms with E-state index in [1.165, 1.54) is 0 Å². The van der Waals surface area contributed by atoms with Crippen LogP contribution in [0, 0.1) is 0 Å². The van der Waals surface area contributed by atoms with E-state index in [-0.39, 0.29) is 12.5 Å². The van der Waals surface area contributed by atoms with Crippen LogP contribution in [0.4, 0.5) is 0 Å². The Hall–Kier alpha value is -2.64. The second kappa shape index (κ2) is 5.80. The SMILES string of the molecule is O=C(Cn1[nH]c(=O)ccc1=O)NCCc1cnc[nH]1. The topological polar surface area (TPSA) is 113 Å². The van der Waals surface area contributed by atoms with Gasteiger partial charge >= 0.3 is 0 Å². The monoisotopic (exact) mass is 263 g/mol. The van der Waals surface area contributed by atoms with Gasteiger partial charge in [-0.15, -0.1) is 0 Å². The number of carbonyl (C=O) groups is 1. The van der Waals surface area contributed by atoms with Crippen molar-refractivity contribution in [3.63, 3.8) is 0 Å². The Morgan fingerprint density at radius 2 is 2.21 bits per heavy atom. The lowest BCUT2D eigenvalue weighted by Gasteiger charge is -2.06. The summed E-state index contributed by atoms with van der Waals surface area (Å²) in [5.74, 6) is -0.344. The molecule has 0 aliphatic heterocycles. The van der Waals surface area contributed by atoms with Crippen molar-refractivity contribution < 1.29 is 4.79 Å². The van der Waals surface area contributed by atoms with Crippen molar-refractivity contribution in [2.75, 3.05) is 6.54 Å². The Labute approximate surface area is 107 Å². The Kier molecular flexibility index (Phi) is 3.91. The highest BCUT2D eigenvalue weighted by atomic mass is 16.2. The van der Waals surface area contributed by atoms with E-state index in [0.29, 0.717) is 13.0 Å². The summed E-state index contributed by atoms with van der Waals surface area (Å²) >= 11 is 0. The van der Waals surface area contributed by atoms with Gasteiger partial charge < -0.3 is 10.3 Å². The number of nitrogens with one attached hydrogen (secondary N) is 3. The Morgan fingerprint density at radius 1 is 1.37 bits per heavy atom. The molecule has 2 heterocycles. The molecule has 100 valence electrons. The predicted molar refractivity (Wildman–Crippen MR) is 66.6 cm³/mol. The molecule has 0 radical (unpaired) electrons. The lowest BCUT2D eigenvalue weighted by molar-refractivity contribution is -0.121. The minimum Gasteiger partial charge on any atom is -0.354 e. The number of amides is 1. The fourth-order valence-electron chi connectivity index (χ4n) is 1.54. The largest absolute Gasteiger partial charge is 0.354 e. The predicted octanol–water partition coefficient (Wildman–Crippen LogP) is -1.38. The molecule has 0 saturated carbocycles. The molecule has 3 N–H and O–H groups in total. The van der Waals surface area contributed by atoms with E-state index in [2.05, 4.69) is 20.4 Å². The van der Waals surface area contributed by atoms with Gasteiger partial charge in [-0.25, -0.2) is 9.67 Å². The van der Waals surface area contributed by atoms with Gasteiger partial charge in [0.2, 0.25) is 5.91 Å². The molecule has 2 rings (SSSR count). The summed E-state index contributed by atoms with van der Waals surface area (Å²) in [4.78, 5) is 40.8. The molecule has 8 nitrogen and oxygen atoms in total. The minimum absolute atomic E-state index is 0.210. The van der Waals surface area contributed by atoms with E-state index in [0.717, 1.165) is 22.5 Å². The zero-order valence-electron chi connectivity index (χ0n) is 10.0. The van der Waals surface area contributed by atoms with E-state index in [4.69, 9.17) is 0 Å². The summed E-state index contributed by atoms with van der Waals surface area (Å²) in [7, 11) is 0. The first kappa shape index (κ1) is 12.8. The molecule has 0 fully saturated rings. The van der Waals surface area contributed by atoms with Crippen molar-refractivity contribution in [1.82, 2.24) is 25.1 Å². The van der Waals surface area contributed by atoms with E-state index < -0.39 is 11.1 Å². The van der Waals surface area contributed by atoms with Crippen molar-refractivity contribution in [2.24, 2.45) is 0 Å². The summed E-state index contributed by atoms with van der Waals surface area (Å²) in [6.45, 7) is 0.213. The lowest BCUT2D eigenvalue weighted by atomic mass is 10.3. The highest BCUT2D eigenvalue weighted by Crippen LogP contribution is 1.90. The minimum atomic E-state index is -0.427. The molecule has 0 atom stereocenters. The fraction of sp³-hybridized carbons (Fsp3) is 0.273. The van der Waals surface area contributed by atoms with Gasteiger partial charge in [-0.05, 0) is 0 Å². The molecule has 0 aliphatic rings. The second-order valence-corrected chi connectivity index (χ2v) is 3.91. The van der Waals surface area contributed by atoms with Crippen LogP contribution in [0.1, 0.15) is 5.69 Å². The van der Waals surface area contributed by atoms with Gasteiger partial charge in [-0.2, -0.15) is 0 Å². The van der Waals surface area contributed by atoms with Gasteiger partial charge in [0.1, 0.15) is 6.54 Å². The molecular weight excluding hydrogens is 250 g/mol. The summed E-state index contributed by atoms with van der Waals surface area (Å²) in [6, 6.07) is 2.24. The molecular formula is C11H13N5O3. The second-order valence-electron chi connectivity index (χ2n) is 3.91. The maximum atomic E-state index is 11.6. The van der Waals surface area contributed by atoms with E-state index in [9.17, 15) is 14.4 Å². The Balaban J connectivity index is 1.85. The highest BCUT2D eigenvalue weighted by molar-refractivity contribution is 5.75. The zero-order chi connectivity index (χ0) is 13.7. The van der Waals surface area contributed by atoms with Gasteiger partial charge in [0.05, 0.1) is 6.33 Å². The molecule has 1 amide bonds. The number of rotatable bonds is 5. The van der Waals surface area contributed by atoms with Gasteiger partial charge in [-0.1, -0.05) is 0 Å². The van der Waals surface area contributed by atoms with Crippen molar-refractivity contribution >= 4 is 5.91 Å². The molecule has 0 saturated heterocycles. The van der Waals surface area contributed by atoms with Gasteiger partial charge in [0.25, 0.3) is 11.1 Å². The average Bonchev–Trinajstić information content (AvgIpc) is 2.87. The third kappa shape index (κ3) is 3.66. The number of nitrogens with zero attached hydrogens (tertiary/aromatic N) is 2. The molecule has 0 unspecified atom stereocenters. The third-order valence-electron chi connectivity index (χ3n) is 2.46. The highest BCUT2D eigenvalue weighted by Gasteiger charge is 2.04. The summed E-state index contributed by atoms with van der Waals surface area (Å²) in [6.07, 6.45) is 3.85.